The monoisotopic (exact) mass is 402 g/mol. The van der Waals surface area contributed by atoms with Crippen molar-refractivity contribution < 1.29 is 9.32 Å². The van der Waals surface area contributed by atoms with Gasteiger partial charge in [0.15, 0.2) is 11.0 Å². The number of allylic oxidation sites excluding steroid dienone is 1. The highest BCUT2D eigenvalue weighted by molar-refractivity contribution is 7.99. The van der Waals surface area contributed by atoms with Gasteiger partial charge in [0.2, 0.25) is 5.91 Å². The van der Waals surface area contributed by atoms with Crippen LogP contribution in [0.5, 0.6) is 0 Å². The van der Waals surface area contributed by atoms with Crippen molar-refractivity contribution in [3.8, 4) is 0 Å². The molecule has 1 amide bonds. The van der Waals surface area contributed by atoms with Gasteiger partial charge in [-0.1, -0.05) is 23.0 Å². The Morgan fingerprint density at radius 3 is 3.04 bits per heavy atom. The summed E-state index contributed by atoms with van der Waals surface area (Å²) in [4.78, 5) is 30.6. The van der Waals surface area contributed by atoms with Crippen LogP contribution in [-0.4, -0.2) is 26.4 Å². The molecule has 0 atom stereocenters. The number of thiophene rings is 1. The Bertz CT molecular complexity index is 1080. The van der Waals surface area contributed by atoms with E-state index in [0.717, 1.165) is 28.6 Å². The molecule has 140 valence electrons. The van der Waals surface area contributed by atoms with Gasteiger partial charge in [0.05, 0.1) is 11.1 Å². The third-order valence-corrected chi connectivity index (χ3v) is 6.11. The molecule has 3 heterocycles. The summed E-state index contributed by atoms with van der Waals surface area (Å²) in [5.41, 5.74) is 1.05. The maximum Gasteiger partial charge on any atom is 0.263 e. The predicted molar refractivity (Wildman–Crippen MR) is 107 cm³/mol. The summed E-state index contributed by atoms with van der Waals surface area (Å²) in [6.07, 6.45) is 3.93. The molecule has 9 heteroatoms. The molecule has 0 radical (unpaired) electrons. The number of nitrogens with zero attached hydrogens (tertiary/aromatic N) is 3. The van der Waals surface area contributed by atoms with Gasteiger partial charge in [-0.2, -0.15) is 0 Å². The SMILES string of the molecule is C=CCn1c(SCC(=O)Nc2cc(C)on2)nc2scc(C3CC3)c2c1=O. The molecule has 0 spiro atoms. The number of amides is 1. The lowest BCUT2D eigenvalue weighted by Crippen LogP contribution is -2.24. The molecule has 0 unspecified atom stereocenters. The molecule has 27 heavy (non-hydrogen) atoms. The van der Waals surface area contributed by atoms with Gasteiger partial charge in [-0.15, -0.1) is 17.9 Å². The fourth-order valence-electron chi connectivity index (χ4n) is 2.86. The molecule has 0 aliphatic heterocycles. The van der Waals surface area contributed by atoms with Gasteiger partial charge in [0.1, 0.15) is 10.6 Å². The molecule has 4 rings (SSSR count). The zero-order chi connectivity index (χ0) is 19.0. The summed E-state index contributed by atoms with van der Waals surface area (Å²) < 4.78 is 6.52. The van der Waals surface area contributed by atoms with Crippen LogP contribution in [0.3, 0.4) is 0 Å². The number of carbonyl (C=O) groups excluding carboxylic acids is 1. The molecule has 3 aromatic heterocycles. The van der Waals surface area contributed by atoms with Crippen LogP contribution >= 0.6 is 23.1 Å². The normalized spacial score (nSPS) is 13.8. The molecule has 1 N–H and O–H groups in total. The number of hydrogen-bond donors (Lipinski definition) is 1. The Kier molecular flexibility index (Phi) is 4.88. The predicted octanol–water partition coefficient (Wildman–Crippen LogP) is 3.55. The number of hydrogen-bond acceptors (Lipinski definition) is 7. The summed E-state index contributed by atoms with van der Waals surface area (Å²) in [5.74, 6) is 1.35. The van der Waals surface area contributed by atoms with E-state index in [1.54, 1.807) is 23.6 Å². The van der Waals surface area contributed by atoms with E-state index in [9.17, 15) is 9.59 Å². The van der Waals surface area contributed by atoms with Gasteiger partial charge in [-0.3, -0.25) is 14.2 Å². The van der Waals surface area contributed by atoms with Crippen LogP contribution < -0.4 is 10.9 Å². The van der Waals surface area contributed by atoms with Gasteiger partial charge in [0.25, 0.3) is 5.56 Å². The van der Waals surface area contributed by atoms with Crippen LogP contribution in [0.1, 0.15) is 30.1 Å². The number of nitrogens with one attached hydrogen (secondary N) is 1. The highest BCUT2D eigenvalue weighted by atomic mass is 32.2. The van der Waals surface area contributed by atoms with Crippen molar-refractivity contribution in [1.82, 2.24) is 14.7 Å². The van der Waals surface area contributed by atoms with E-state index in [2.05, 4.69) is 22.0 Å². The Hall–Kier alpha value is -2.39. The number of thioether (sulfide) groups is 1. The Morgan fingerprint density at radius 1 is 1.56 bits per heavy atom. The van der Waals surface area contributed by atoms with Crippen molar-refractivity contribution in [3.05, 3.63) is 45.8 Å². The van der Waals surface area contributed by atoms with Gasteiger partial charge >= 0.3 is 0 Å². The van der Waals surface area contributed by atoms with E-state index >= 15 is 0 Å². The Morgan fingerprint density at radius 2 is 2.37 bits per heavy atom. The van der Waals surface area contributed by atoms with Crippen LogP contribution in [0.15, 0.2) is 38.6 Å². The third-order valence-electron chi connectivity index (χ3n) is 4.24. The maximum absolute atomic E-state index is 13.0. The number of aryl methyl sites for hydroxylation is 1. The third kappa shape index (κ3) is 3.70. The molecular formula is C18H18N4O3S2. The molecule has 1 fully saturated rings. The van der Waals surface area contributed by atoms with Crippen molar-refractivity contribution >= 4 is 45.0 Å². The first-order valence-corrected chi connectivity index (χ1v) is 10.4. The Labute approximate surface area is 163 Å². The number of carbonyl (C=O) groups is 1. The fraction of sp³-hybridized carbons (Fsp3) is 0.333. The zero-order valence-electron chi connectivity index (χ0n) is 14.7. The van der Waals surface area contributed by atoms with Gasteiger partial charge in [-0.05, 0) is 36.6 Å². The number of aromatic nitrogens is 3. The average molecular weight is 403 g/mol. The van der Waals surface area contributed by atoms with Gasteiger partial charge in [0, 0.05) is 12.6 Å². The van der Waals surface area contributed by atoms with Gasteiger partial charge in [-0.25, -0.2) is 4.98 Å². The van der Waals surface area contributed by atoms with Crippen molar-refractivity contribution in [2.45, 2.75) is 37.4 Å². The second-order valence-electron chi connectivity index (χ2n) is 6.40. The first-order chi connectivity index (χ1) is 13.1. The van der Waals surface area contributed by atoms with Gasteiger partial charge < -0.3 is 9.84 Å². The van der Waals surface area contributed by atoms with Crippen LogP contribution in [0.25, 0.3) is 10.2 Å². The highest BCUT2D eigenvalue weighted by Crippen LogP contribution is 2.44. The Balaban J connectivity index is 1.58. The van der Waals surface area contributed by atoms with Crippen LogP contribution in [0.4, 0.5) is 5.82 Å². The summed E-state index contributed by atoms with van der Waals surface area (Å²) in [6.45, 7) is 5.84. The highest BCUT2D eigenvalue weighted by Gasteiger charge is 2.28. The van der Waals surface area contributed by atoms with E-state index in [4.69, 9.17) is 4.52 Å². The second-order valence-corrected chi connectivity index (χ2v) is 8.20. The molecule has 1 aliphatic carbocycles. The van der Waals surface area contributed by atoms with E-state index in [1.807, 2.05) is 5.38 Å². The zero-order valence-corrected chi connectivity index (χ0v) is 16.4. The molecular weight excluding hydrogens is 384 g/mol. The minimum Gasteiger partial charge on any atom is -0.360 e. The standard InChI is InChI=1S/C18H18N4O3S2/c1-3-6-22-17(24)15-12(11-4-5-11)8-26-16(15)20-18(22)27-9-14(23)19-13-7-10(2)25-21-13/h3,7-8,11H,1,4-6,9H2,2H3,(H,19,21,23). The number of anilines is 1. The number of rotatable bonds is 7. The summed E-state index contributed by atoms with van der Waals surface area (Å²) in [6, 6.07) is 1.64. The molecule has 7 nitrogen and oxygen atoms in total. The lowest BCUT2D eigenvalue weighted by molar-refractivity contribution is -0.113. The fourth-order valence-corrected chi connectivity index (χ4v) is 4.73. The minimum atomic E-state index is -0.238. The molecule has 3 aromatic rings. The first-order valence-electron chi connectivity index (χ1n) is 8.55. The van der Waals surface area contributed by atoms with Crippen molar-refractivity contribution in [2.24, 2.45) is 0 Å². The minimum absolute atomic E-state index is 0.0573. The maximum atomic E-state index is 13.0. The van der Waals surface area contributed by atoms with E-state index in [-0.39, 0.29) is 17.2 Å². The number of fused-ring (bicyclic) bond motifs is 1. The van der Waals surface area contributed by atoms with E-state index < -0.39 is 0 Å². The molecule has 0 bridgehead atoms. The van der Waals surface area contributed by atoms with Crippen molar-refractivity contribution in [3.63, 3.8) is 0 Å². The smallest absolute Gasteiger partial charge is 0.263 e. The second kappa shape index (κ2) is 7.32. The largest absolute Gasteiger partial charge is 0.360 e. The lowest BCUT2D eigenvalue weighted by Gasteiger charge is -2.10. The molecule has 1 aliphatic rings. The summed E-state index contributed by atoms with van der Waals surface area (Å²) >= 11 is 2.71. The van der Waals surface area contributed by atoms with E-state index in [1.165, 1.54) is 23.1 Å². The topological polar surface area (TPSA) is 90.0 Å². The molecule has 0 aromatic carbocycles. The van der Waals surface area contributed by atoms with Crippen molar-refractivity contribution in [1.29, 1.82) is 0 Å². The first kappa shape index (κ1) is 18.0. The molecule has 0 saturated heterocycles. The van der Waals surface area contributed by atoms with Crippen LogP contribution in [-0.2, 0) is 11.3 Å². The lowest BCUT2D eigenvalue weighted by atomic mass is 10.1. The summed E-state index contributed by atoms with van der Waals surface area (Å²) in [5, 5.41) is 9.69. The average Bonchev–Trinajstić information content (AvgIpc) is 3.27. The van der Waals surface area contributed by atoms with Crippen molar-refractivity contribution in [2.75, 3.05) is 11.1 Å². The van der Waals surface area contributed by atoms with Crippen LogP contribution in [0.2, 0.25) is 0 Å². The summed E-state index contributed by atoms with van der Waals surface area (Å²) in [7, 11) is 0. The van der Waals surface area contributed by atoms with Crippen LogP contribution in [0, 0.1) is 6.92 Å². The quantitative estimate of drug-likeness (QED) is 0.369. The molecule has 1 saturated carbocycles. The van der Waals surface area contributed by atoms with E-state index in [0.29, 0.717) is 29.2 Å².